The molecule has 0 spiro atoms. The molecule has 1 aromatic carbocycles. The molecule has 0 aliphatic rings. The van der Waals surface area contributed by atoms with Crippen LogP contribution < -0.4 is 15.4 Å². The Morgan fingerprint density at radius 1 is 1.29 bits per heavy atom. The molecule has 0 aliphatic heterocycles. The first-order valence-corrected chi connectivity index (χ1v) is 7.83. The van der Waals surface area contributed by atoms with Crippen LogP contribution in [0.15, 0.2) is 41.9 Å². The van der Waals surface area contributed by atoms with Crippen molar-refractivity contribution in [3.05, 3.63) is 42.5 Å². The van der Waals surface area contributed by atoms with Gasteiger partial charge >= 0.3 is 5.97 Å². The summed E-state index contributed by atoms with van der Waals surface area (Å²) in [5.41, 5.74) is 0.483. The van der Waals surface area contributed by atoms with E-state index in [2.05, 4.69) is 22.2 Å². The highest BCUT2D eigenvalue weighted by Gasteiger charge is 2.16. The molecule has 2 N–H and O–H groups in total. The minimum atomic E-state index is -0.503. The zero-order valence-corrected chi connectivity index (χ0v) is 14.9. The number of guanidine groups is 1. The van der Waals surface area contributed by atoms with E-state index in [1.54, 1.807) is 13.1 Å². The number of hydrogen-bond donors (Lipinski definition) is 2. The van der Waals surface area contributed by atoms with Crippen molar-refractivity contribution in [1.29, 1.82) is 0 Å². The van der Waals surface area contributed by atoms with Crippen LogP contribution in [0.1, 0.15) is 26.3 Å². The Hall–Kier alpha value is -2.50. The molecule has 0 atom stereocenters. The number of carbonyl (C=O) groups is 1. The van der Waals surface area contributed by atoms with Gasteiger partial charge in [-0.2, -0.15) is 0 Å². The third-order valence-electron chi connectivity index (χ3n) is 2.82. The molecule has 0 saturated carbocycles. The summed E-state index contributed by atoms with van der Waals surface area (Å²) in [6, 6.07) is 7.72. The van der Waals surface area contributed by atoms with Crippen molar-refractivity contribution in [2.45, 2.75) is 32.9 Å². The normalized spacial score (nSPS) is 11.6. The van der Waals surface area contributed by atoms with Crippen LogP contribution >= 0.6 is 0 Å². The molecular formula is C18H27N3O3. The summed E-state index contributed by atoms with van der Waals surface area (Å²) in [7, 11) is 1.64. The molecule has 24 heavy (non-hydrogen) atoms. The Kier molecular flexibility index (Phi) is 7.82. The average molecular weight is 333 g/mol. The Bertz CT molecular complexity index is 577. The second-order valence-electron chi connectivity index (χ2n) is 6.07. The van der Waals surface area contributed by atoms with Gasteiger partial charge in [0.1, 0.15) is 24.5 Å². The van der Waals surface area contributed by atoms with Crippen LogP contribution in [-0.4, -0.2) is 37.7 Å². The van der Waals surface area contributed by atoms with Crippen molar-refractivity contribution >= 4 is 11.9 Å². The van der Waals surface area contributed by atoms with Gasteiger partial charge in [-0.05, 0) is 26.8 Å². The Labute approximate surface area is 144 Å². The molecular weight excluding hydrogens is 306 g/mol. The molecule has 1 rings (SSSR count). The number of para-hydroxylation sites is 1. The predicted octanol–water partition coefficient (Wildman–Crippen LogP) is 2.26. The summed E-state index contributed by atoms with van der Waals surface area (Å²) >= 11 is 0. The lowest BCUT2D eigenvalue weighted by atomic mass is 10.2. The summed E-state index contributed by atoms with van der Waals surface area (Å²) in [6.07, 6.45) is 1.70. The largest absolute Gasteiger partial charge is 0.489 e. The number of nitrogens with one attached hydrogen (secondary N) is 2. The Balaban J connectivity index is 2.53. The van der Waals surface area contributed by atoms with Crippen molar-refractivity contribution in [2.75, 3.05) is 20.2 Å². The van der Waals surface area contributed by atoms with Gasteiger partial charge in [-0.15, -0.1) is 0 Å². The van der Waals surface area contributed by atoms with Gasteiger partial charge in [-0.25, -0.2) is 0 Å². The van der Waals surface area contributed by atoms with E-state index < -0.39 is 5.60 Å². The van der Waals surface area contributed by atoms with Gasteiger partial charge < -0.3 is 20.1 Å². The van der Waals surface area contributed by atoms with Crippen LogP contribution in [0.2, 0.25) is 0 Å². The van der Waals surface area contributed by atoms with E-state index in [-0.39, 0.29) is 12.5 Å². The first kappa shape index (κ1) is 19.5. The number of carbonyl (C=O) groups excluding carboxylic acids is 1. The van der Waals surface area contributed by atoms with Crippen LogP contribution in [0.3, 0.4) is 0 Å². The summed E-state index contributed by atoms with van der Waals surface area (Å²) in [6.45, 7) is 10.1. The van der Waals surface area contributed by atoms with Gasteiger partial charge in [0.25, 0.3) is 0 Å². The van der Waals surface area contributed by atoms with Crippen LogP contribution in [0, 0.1) is 0 Å². The molecule has 0 aliphatic carbocycles. The van der Waals surface area contributed by atoms with Crippen molar-refractivity contribution in [1.82, 2.24) is 10.6 Å². The van der Waals surface area contributed by atoms with Gasteiger partial charge in [0, 0.05) is 19.2 Å². The molecule has 6 heteroatoms. The molecule has 0 aromatic heterocycles. The zero-order valence-electron chi connectivity index (χ0n) is 14.9. The number of benzene rings is 1. The molecule has 0 unspecified atom stereocenters. The van der Waals surface area contributed by atoms with E-state index in [9.17, 15) is 4.79 Å². The van der Waals surface area contributed by atoms with E-state index >= 15 is 0 Å². The molecule has 132 valence electrons. The quantitative estimate of drug-likeness (QED) is 0.347. The highest BCUT2D eigenvalue weighted by Crippen LogP contribution is 2.17. The number of nitrogens with zero attached hydrogens (tertiary/aromatic N) is 1. The fraction of sp³-hybridized carbons (Fsp3) is 0.444. The number of rotatable bonds is 7. The summed E-state index contributed by atoms with van der Waals surface area (Å²) in [5.74, 6) is 0.965. The maximum atomic E-state index is 11.7. The highest BCUT2D eigenvalue weighted by atomic mass is 16.6. The number of ether oxygens (including phenoxy) is 2. The SMILES string of the molecule is C=CCOc1ccccc1CNC(=NC)NCC(=O)OC(C)(C)C. The van der Waals surface area contributed by atoms with Crippen LogP contribution in [0.4, 0.5) is 0 Å². The highest BCUT2D eigenvalue weighted by molar-refractivity contribution is 5.84. The average Bonchev–Trinajstić information content (AvgIpc) is 2.52. The number of esters is 1. The van der Waals surface area contributed by atoms with E-state index in [4.69, 9.17) is 9.47 Å². The van der Waals surface area contributed by atoms with Gasteiger partial charge in [0.05, 0.1) is 0 Å². The lowest BCUT2D eigenvalue weighted by Gasteiger charge is -2.20. The Morgan fingerprint density at radius 3 is 2.62 bits per heavy atom. The molecule has 6 nitrogen and oxygen atoms in total. The summed E-state index contributed by atoms with van der Waals surface area (Å²) in [5, 5.41) is 6.08. The third-order valence-corrected chi connectivity index (χ3v) is 2.82. The van der Waals surface area contributed by atoms with Gasteiger partial charge in [-0.3, -0.25) is 9.79 Å². The standard InChI is InChI=1S/C18H27N3O3/c1-6-11-23-15-10-8-7-9-14(15)12-20-17(19-5)21-13-16(22)24-18(2,3)4/h6-10H,1,11-13H2,2-5H3,(H2,19,20,21). The van der Waals surface area contributed by atoms with Crippen LogP contribution in [-0.2, 0) is 16.1 Å². The molecule has 0 radical (unpaired) electrons. The zero-order chi connectivity index (χ0) is 18.0. The maximum Gasteiger partial charge on any atom is 0.325 e. The monoisotopic (exact) mass is 333 g/mol. The second kappa shape index (κ2) is 9.60. The molecule has 1 aromatic rings. The maximum absolute atomic E-state index is 11.7. The van der Waals surface area contributed by atoms with Crippen LogP contribution in [0.5, 0.6) is 5.75 Å². The van der Waals surface area contributed by atoms with E-state index in [0.717, 1.165) is 11.3 Å². The molecule has 0 bridgehead atoms. The smallest absolute Gasteiger partial charge is 0.325 e. The lowest BCUT2D eigenvalue weighted by molar-refractivity contribution is -0.153. The van der Waals surface area contributed by atoms with Gasteiger partial charge in [-0.1, -0.05) is 30.9 Å². The summed E-state index contributed by atoms with van der Waals surface area (Å²) < 4.78 is 10.9. The minimum Gasteiger partial charge on any atom is -0.489 e. The van der Waals surface area contributed by atoms with Crippen molar-refractivity contribution in [3.8, 4) is 5.75 Å². The lowest BCUT2D eigenvalue weighted by Crippen LogP contribution is -2.41. The van der Waals surface area contributed by atoms with Gasteiger partial charge in [0.2, 0.25) is 0 Å². The molecule has 0 amide bonds. The predicted molar refractivity (Wildman–Crippen MR) is 96.2 cm³/mol. The van der Waals surface area contributed by atoms with E-state index in [0.29, 0.717) is 19.1 Å². The van der Waals surface area contributed by atoms with Crippen molar-refractivity contribution in [3.63, 3.8) is 0 Å². The van der Waals surface area contributed by atoms with E-state index in [1.165, 1.54) is 0 Å². The van der Waals surface area contributed by atoms with Crippen LogP contribution in [0.25, 0.3) is 0 Å². The Morgan fingerprint density at radius 2 is 2.00 bits per heavy atom. The molecule has 0 fully saturated rings. The number of aliphatic imine (C=N–C) groups is 1. The van der Waals surface area contributed by atoms with E-state index in [1.807, 2.05) is 45.0 Å². The van der Waals surface area contributed by atoms with Crippen molar-refractivity contribution in [2.24, 2.45) is 4.99 Å². The topological polar surface area (TPSA) is 72.0 Å². The first-order valence-electron chi connectivity index (χ1n) is 7.83. The fourth-order valence-electron chi connectivity index (χ4n) is 1.87. The fourth-order valence-corrected chi connectivity index (χ4v) is 1.87. The molecule has 0 heterocycles. The second-order valence-corrected chi connectivity index (χ2v) is 6.07. The molecule has 0 saturated heterocycles. The van der Waals surface area contributed by atoms with Gasteiger partial charge in [0.15, 0.2) is 5.96 Å². The third kappa shape index (κ3) is 7.67. The summed E-state index contributed by atoms with van der Waals surface area (Å²) in [4.78, 5) is 15.8. The first-order chi connectivity index (χ1) is 11.4. The van der Waals surface area contributed by atoms with Crippen molar-refractivity contribution < 1.29 is 14.3 Å². The number of hydrogen-bond acceptors (Lipinski definition) is 4. The minimum absolute atomic E-state index is 0.0472.